The summed E-state index contributed by atoms with van der Waals surface area (Å²) in [6.45, 7) is 2.43. The third kappa shape index (κ3) is 6.36. The van der Waals surface area contributed by atoms with E-state index in [0.717, 1.165) is 0 Å². The molecule has 0 radical (unpaired) electrons. The molecule has 6 heteroatoms. The lowest BCUT2D eigenvalue weighted by molar-refractivity contribution is -0.143. The number of aliphatic carboxylic acids is 1. The Morgan fingerprint density at radius 1 is 1.50 bits per heavy atom. The van der Waals surface area contributed by atoms with E-state index in [1.165, 1.54) is 7.11 Å². The van der Waals surface area contributed by atoms with Crippen LogP contribution in [0.4, 0.5) is 0 Å². The molecule has 6 nitrogen and oxygen atoms in total. The summed E-state index contributed by atoms with van der Waals surface area (Å²) in [6.07, 6.45) is 0.938. The van der Waals surface area contributed by atoms with Crippen LogP contribution in [-0.4, -0.2) is 43.3 Å². The minimum atomic E-state index is -1.10. The zero-order valence-electron chi connectivity index (χ0n) is 9.73. The summed E-state index contributed by atoms with van der Waals surface area (Å²) in [7, 11) is 1.39. The molecule has 0 aliphatic heterocycles. The maximum Gasteiger partial charge on any atom is 0.328 e. The molecule has 1 amide bonds. The van der Waals surface area contributed by atoms with Gasteiger partial charge in [-0.05, 0) is 18.9 Å². The molecule has 2 atom stereocenters. The van der Waals surface area contributed by atoms with E-state index in [-0.39, 0.29) is 24.9 Å². The second-order valence-electron chi connectivity index (χ2n) is 3.79. The van der Waals surface area contributed by atoms with Gasteiger partial charge in [0, 0.05) is 13.5 Å². The number of rotatable bonds is 8. The summed E-state index contributed by atoms with van der Waals surface area (Å²) in [4.78, 5) is 22.1. The molecule has 0 saturated carbocycles. The van der Waals surface area contributed by atoms with E-state index in [9.17, 15) is 9.59 Å². The van der Waals surface area contributed by atoms with Crippen molar-refractivity contribution in [2.45, 2.75) is 25.8 Å². The first-order valence-electron chi connectivity index (χ1n) is 5.22. The zero-order chi connectivity index (χ0) is 12.6. The highest BCUT2D eigenvalue weighted by atomic mass is 16.5. The van der Waals surface area contributed by atoms with Crippen molar-refractivity contribution in [1.29, 1.82) is 0 Å². The molecule has 0 aromatic carbocycles. The summed E-state index contributed by atoms with van der Waals surface area (Å²) >= 11 is 0. The van der Waals surface area contributed by atoms with Gasteiger partial charge in [-0.3, -0.25) is 4.79 Å². The number of carbonyl (C=O) groups is 2. The van der Waals surface area contributed by atoms with Gasteiger partial charge in [0.15, 0.2) is 6.04 Å². The molecule has 0 bridgehead atoms. The predicted molar refractivity (Wildman–Crippen MR) is 58.9 cm³/mol. The van der Waals surface area contributed by atoms with E-state index >= 15 is 0 Å². The quantitative estimate of drug-likeness (QED) is 0.527. The van der Waals surface area contributed by atoms with Gasteiger partial charge in [0.1, 0.15) is 0 Å². The highest BCUT2D eigenvalue weighted by Crippen LogP contribution is 2.03. The smallest absolute Gasteiger partial charge is 0.328 e. The number of carbonyl (C=O) groups excluding carboxylic acids is 1. The summed E-state index contributed by atoms with van der Waals surface area (Å²) in [5.41, 5.74) is 5.41. The van der Waals surface area contributed by atoms with Crippen LogP contribution in [0, 0.1) is 5.92 Å². The van der Waals surface area contributed by atoms with Gasteiger partial charge < -0.3 is 20.9 Å². The van der Waals surface area contributed by atoms with Gasteiger partial charge in [0.2, 0.25) is 5.91 Å². The second kappa shape index (κ2) is 8.06. The number of amides is 1. The van der Waals surface area contributed by atoms with E-state index in [1.807, 2.05) is 6.92 Å². The average Bonchev–Trinajstić information content (AvgIpc) is 2.25. The fraction of sp³-hybridized carbons (Fsp3) is 0.800. The molecule has 0 aromatic heterocycles. The van der Waals surface area contributed by atoms with Gasteiger partial charge in [-0.1, -0.05) is 6.92 Å². The van der Waals surface area contributed by atoms with Crippen molar-refractivity contribution in [1.82, 2.24) is 5.32 Å². The van der Waals surface area contributed by atoms with Crippen LogP contribution in [0.5, 0.6) is 0 Å². The van der Waals surface area contributed by atoms with Gasteiger partial charge >= 0.3 is 5.97 Å². The molecule has 0 spiro atoms. The van der Waals surface area contributed by atoms with E-state index in [2.05, 4.69) is 5.32 Å². The molecule has 16 heavy (non-hydrogen) atoms. The first-order valence-corrected chi connectivity index (χ1v) is 5.22. The first-order chi connectivity index (χ1) is 7.51. The van der Waals surface area contributed by atoms with Crippen molar-refractivity contribution in [3.8, 4) is 0 Å². The molecule has 0 saturated heterocycles. The number of hydrogen-bond acceptors (Lipinski definition) is 4. The molecule has 0 rings (SSSR count). The van der Waals surface area contributed by atoms with Gasteiger partial charge in [0.05, 0.1) is 6.61 Å². The van der Waals surface area contributed by atoms with E-state index in [1.54, 1.807) is 0 Å². The summed E-state index contributed by atoms with van der Waals surface area (Å²) in [6, 6.07) is -0.981. The number of carboxylic acids is 1. The second-order valence-corrected chi connectivity index (χ2v) is 3.79. The predicted octanol–water partition coefficient (Wildman–Crippen LogP) is -0.423. The van der Waals surface area contributed by atoms with Crippen LogP contribution in [0.3, 0.4) is 0 Å². The fourth-order valence-electron chi connectivity index (χ4n) is 1.10. The Hall–Kier alpha value is -1.14. The molecular formula is C10H20N2O4. The third-order valence-electron chi connectivity index (χ3n) is 2.23. The normalized spacial score (nSPS) is 14.2. The number of ether oxygens (including phenoxy) is 1. The monoisotopic (exact) mass is 232 g/mol. The largest absolute Gasteiger partial charge is 0.480 e. The molecular weight excluding hydrogens is 212 g/mol. The van der Waals surface area contributed by atoms with Gasteiger partial charge in [-0.2, -0.15) is 0 Å². The lowest BCUT2D eigenvalue weighted by Crippen LogP contribution is -2.43. The number of hydrogen-bond donors (Lipinski definition) is 3. The maximum absolute atomic E-state index is 11.4. The van der Waals surface area contributed by atoms with Crippen LogP contribution in [0.1, 0.15) is 19.8 Å². The molecule has 0 aliphatic carbocycles. The van der Waals surface area contributed by atoms with Crippen LogP contribution < -0.4 is 11.1 Å². The highest BCUT2D eigenvalue weighted by molar-refractivity contribution is 5.83. The maximum atomic E-state index is 11.4. The molecule has 0 heterocycles. The number of nitrogens with two attached hydrogens (primary N) is 1. The average molecular weight is 232 g/mol. The molecule has 0 fully saturated rings. The van der Waals surface area contributed by atoms with Crippen LogP contribution in [0.25, 0.3) is 0 Å². The Balaban J connectivity index is 3.95. The van der Waals surface area contributed by atoms with Crippen molar-refractivity contribution >= 4 is 11.9 Å². The van der Waals surface area contributed by atoms with Gasteiger partial charge in [0.25, 0.3) is 0 Å². The minimum Gasteiger partial charge on any atom is -0.480 e. The van der Waals surface area contributed by atoms with Crippen molar-refractivity contribution < 1.29 is 19.4 Å². The molecule has 4 N–H and O–H groups in total. The van der Waals surface area contributed by atoms with Crippen molar-refractivity contribution in [2.75, 3.05) is 20.3 Å². The Labute approximate surface area is 95.1 Å². The molecule has 2 unspecified atom stereocenters. The minimum absolute atomic E-state index is 0.0342. The first kappa shape index (κ1) is 14.9. The number of nitrogens with one attached hydrogen (secondary N) is 1. The van der Waals surface area contributed by atoms with Crippen molar-refractivity contribution in [3.63, 3.8) is 0 Å². The third-order valence-corrected chi connectivity index (χ3v) is 2.23. The number of carboxylic acid groups (broad SMARTS) is 1. The Bertz CT molecular complexity index is 233. The lowest BCUT2D eigenvalue weighted by atomic mass is 10.1. The fourth-order valence-corrected chi connectivity index (χ4v) is 1.10. The van der Waals surface area contributed by atoms with Crippen LogP contribution in [0.2, 0.25) is 0 Å². The topological polar surface area (TPSA) is 102 Å². The van der Waals surface area contributed by atoms with Crippen LogP contribution in [0.15, 0.2) is 0 Å². The summed E-state index contributed by atoms with van der Waals surface area (Å²) < 4.78 is 4.70. The molecule has 0 aromatic rings. The standard InChI is InChI=1S/C10H20N2O4/c1-7(5-11)3-4-9(13)12-8(6-16-2)10(14)15/h7-8H,3-6,11H2,1-2H3,(H,12,13)(H,14,15). The Kier molecular flexibility index (Phi) is 7.49. The SMILES string of the molecule is COCC(NC(=O)CCC(C)CN)C(=O)O. The van der Waals surface area contributed by atoms with Crippen LogP contribution in [-0.2, 0) is 14.3 Å². The lowest BCUT2D eigenvalue weighted by Gasteiger charge is -2.14. The molecule has 94 valence electrons. The van der Waals surface area contributed by atoms with Crippen molar-refractivity contribution in [3.05, 3.63) is 0 Å². The highest BCUT2D eigenvalue weighted by Gasteiger charge is 2.19. The number of methoxy groups -OCH3 is 1. The van der Waals surface area contributed by atoms with Crippen LogP contribution >= 0.6 is 0 Å². The summed E-state index contributed by atoms with van der Waals surface area (Å²) in [5.74, 6) is -1.12. The molecule has 0 aliphatic rings. The zero-order valence-corrected chi connectivity index (χ0v) is 9.73. The Morgan fingerprint density at radius 3 is 2.56 bits per heavy atom. The Morgan fingerprint density at radius 2 is 2.12 bits per heavy atom. The van der Waals surface area contributed by atoms with E-state index < -0.39 is 12.0 Å². The van der Waals surface area contributed by atoms with Gasteiger partial charge in [-0.25, -0.2) is 4.79 Å². The summed E-state index contributed by atoms with van der Waals surface area (Å²) in [5, 5.41) is 11.2. The van der Waals surface area contributed by atoms with E-state index in [4.69, 9.17) is 15.6 Å². The van der Waals surface area contributed by atoms with Crippen molar-refractivity contribution in [2.24, 2.45) is 11.7 Å². The van der Waals surface area contributed by atoms with Gasteiger partial charge in [-0.15, -0.1) is 0 Å². The van der Waals surface area contributed by atoms with E-state index in [0.29, 0.717) is 13.0 Å².